The number of hydrogen-bond donors (Lipinski definition) is 1. The van der Waals surface area contributed by atoms with E-state index < -0.39 is 0 Å². The molecule has 5 rings (SSSR count). The number of rotatable bonds is 5. The molecule has 0 atom stereocenters. The lowest BCUT2D eigenvalue weighted by atomic mass is 10.0. The highest BCUT2D eigenvalue weighted by molar-refractivity contribution is 7.14. The monoisotopic (exact) mass is 433 g/mol. The molecule has 4 heterocycles. The second-order valence-electron chi connectivity index (χ2n) is 7.79. The van der Waals surface area contributed by atoms with Crippen LogP contribution in [0.5, 0.6) is 0 Å². The summed E-state index contributed by atoms with van der Waals surface area (Å²) in [5.74, 6) is -0.358. The summed E-state index contributed by atoms with van der Waals surface area (Å²) < 4.78 is 0. The SMILES string of the molecule is CCc1ccc2c(c1)C(=O)N(c1nc(C(=O)Nc3cnccc3N3CCCC3)cs1)C2. The highest BCUT2D eigenvalue weighted by Gasteiger charge is 2.31. The van der Waals surface area contributed by atoms with Crippen molar-refractivity contribution < 1.29 is 9.59 Å². The Labute approximate surface area is 184 Å². The molecule has 0 bridgehead atoms. The third-order valence-electron chi connectivity index (χ3n) is 5.84. The maximum Gasteiger partial charge on any atom is 0.275 e. The van der Waals surface area contributed by atoms with Crippen molar-refractivity contribution in [1.82, 2.24) is 9.97 Å². The zero-order chi connectivity index (χ0) is 21.4. The molecule has 3 aromatic rings. The van der Waals surface area contributed by atoms with E-state index in [0.717, 1.165) is 54.7 Å². The van der Waals surface area contributed by atoms with Crippen LogP contribution >= 0.6 is 11.3 Å². The number of anilines is 3. The Bertz CT molecular complexity index is 1150. The van der Waals surface area contributed by atoms with Gasteiger partial charge in [0.2, 0.25) is 0 Å². The van der Waals surface area contributed by atoms with Crippen LogP contribution in [-0.4, -0.2) is 34.9 Å². The van der Waals surface area contributed by atoms with E-state index in [1.165, 1.54) is 11.3 Å². The summed E-state index contributed by atoms with van der Waals surface area (Å²) in [4.78, 5) is 38.3. The van der Waals surface area contributed by atoms with Gasteiger partial charge >= 0.3 is 0 Å². The molecule has 0 unspecified atom stereocenters. The maximum atomic E-state index is 12.9. The first-order valence-electron chi connectivity index (χ1n) is 10.5. The van der Waals surface area contributed by atoms with Gasteiger partial charge in [0.05, 0.1) is 24.1 Å². The van der Waals surface area contributed by atoms with Gasteiger partial charge in [-0.3, -0.25) is 19.5 Å². The Morgan fingerprint density at radius 1 is 1.23 bits per heavy atom. The Balaban J connectivity index is 1.34. The molecule has 0 aliphatic carbocycles. The summed E-state index contributed by atoms with van der Waals surface area (Å²) in [5, 5.41) is 5.18. The second-order valence-corrected chi connectivity index (χ2v) is 8.63. The molecular weight excluding hydrogens is 410 g/mol. The van der Waals surface area contributed by atoms with Crippen molar-refractivity contribution in [3.63, 3.8) is 0 Å². The Morgan fingerprint density at radius 3 is 2.87 bits per heavy atom. The molecule has 0 spiro atoms. The van der Waals surface area contributed by atoms with E-state index in [0.29, 0.717) is 23.1 Å². The number of nitrogens with one attached hydrogen (secondary N) is 1. The van der Waals surface area contributed by atoms with E-state index in [9.17, 15) is 9.59 Å². The van der Waals surface area contributed by atoms with Crippen LogP contribution in [0.15, 0.2) is 42.0 Å². The lowest BCUT2D eigenvalue weighted by Gasteiger charge is -2.20. The quantitative estimate of drug-likeness (QED) is 0.655. The van der Waals surface area contributed by atoms with Crippen molar-refractivity contribution in [1.29, 1.82) is 0 Å². The van der Waals surface area contributed by atoms with Gasteiger partial charge in [-0.05, 0) is 42.5 Å². The van der Waals surface area contributed by atoms with E-state index in [2.05, 4.69) is 33.2 Å². The summed E-state index contributed by atoms with van der Waals surface area (Å²) in [7, 11) is 0. The molecule has 158 valence electrons. The molecule has 7 nitrogen and oxygen atoms in total. The number of nitrogens with zero attached hydrogens (tertiary/aromatic N) is 4. The van der Waals surface area contributed by atoms with E-state index in [4.69, 9.17) is 0 Å². The smallest absolute Gasteiger partial charge is 0.275 e. The van der Waals surface area contributed by atoms with Crippen molar-refractivity contribution in [2.24, 2.45) is 0 Å². The largest absolute Gasteiger partial charge is 0.370 e. The lowest BCUT2D eigenvalue weighted by molar-refractivity contribution is 0.0991. The Kier molecular flexibility index (Phi) is 5.15. The number of aromatic nitrogens is 2. The van der Waals surface area contributed by atoms with Crippen LogP contribution in [0.25, 0.3) is 0 Å². The molecule has 2 aliphatic heterocycles. The fraction of sp³-hybridized carbons (Fsp3) is 0.304. The summed E-state index contributed by atoms with van der Waals surface area (Å²) in [5.41, 5.74) is 4.82. The molecule has 2 aromatic heterocycles. The van der Waals surface area contributed by atoms with Gasteiger partial charge in [0.25, 0.3) is 11.8 Å². The molecule has 1 N–H and O–H groups in total. The molecule has 8 heteroatoms. The average molecular weight is 434 g/mol. The standard InChI is InChI=1S/C23H23N5O2S/c1-2-15-5-6-16-13-28(22(30)17(16)11-15)23-26-19(14-31-23)21(29)25-18-12-24-8-7-20(18)27-9-3-4-10-27/h5-8,11-12,14H,2-4,9-10,13H2,1H3,(H,25,29). The third-order valence-corrected chi connectivity index (χ3v) is 6.70. The van der Waals surface area contributed by atoms with Crippen LogP contribution in [0.3, 0.4) is 0 Å². The number of carbonyl (C=O) groups excluding carboxylic acids is 2. The summed E-state index contributed by atoms with van der Waals surface area (Å²) in [6.45, 7) is 4.51. The molecule has 0 radical (unpaired) electrons. The minimum absolute atomic E-state index is 0.0600. The van der Waals surface area contributed by atoms with Gasteiger partial charge in [0.15, 0.2) is 5.13 Å². The number of amides is 2. The van der Waals surface area contributed by atoms with E-state index >= 15 is 0 Å². The van der Waals surface area contributed by atoms with Crippen LogP contribution in [0.4, 0.5) is 16.5 Å². The predicted molar refractivity (Wildman–Crippen MR) is 122 cm³/mol. The normalized spacial score (nSPS) is 15.5. The van der Waals surface area contributed by atoms with Gasteiger partial charge in [-0.2, -0.15) is 0 Å². The van der Waals surface area contributed by atoms with Crippen molar-refractivity contribution >= 4 is 39.7 Å². The number of fused-ring (bicyclic) bond motifs is 1. The molecule has 2 aliphatic rings. The summed E-state index contributed by atoms with van der Waals surface area (Å²) in [6, 6.07) is 7.96. The van der Waals surface area contributed by atoms with Crippen LogP contribution in [0, 0.1) is 0 Å². The van der Waals surface area contributed by atoms with Crippen molar-refractivity contribution in [2.75, 3.05) is 28.2 Å². The van der Waals surface area contributed by atoms with Gasteiger partial charge in [0.1, 0.15) is 5.69 Å². The van der Waals surface area contributed by atoms with E-state index in [-0.39, 0.29) is 11.8 Å². The number of carbonyl (C=O) groups is 2. The lowest BCUT2D eigenvalue weighted by Crippen LogP contribution is -2.23. The first kappa shape index (κ1) is 19.7. The minimum atomic E-state index is -0.298. The molecule has 1 aromatic carbocycles. The zero-order valence-electron chi connectivity index (χ0n) is 17.3. The van der Waals surface area contributed by atoms with Crippen LogP contribution in [0.1, 0.15) is 51.7 Å². The second kappa shape index (κ2) is 8.11. The highest BCUT2D eigenvalue weighted by atomic mass is 32.1. The summed E-state index contributed by atoms with van der Waals surface area (Å²) in [6.07, 6.45) is 6.60. The third kappa shape index (κ3) is 3.67. The van der Waals surface area contributed by atoms with Gasteiger partial charge in [-0.25, -0.2) is 4.98 Å². The fourth-order valence-corrected chi connectivity index (χ4v) is 4.92. The minimum Gasteiger partial charge on any atom is -0.370 e. The van der Waals surface area contributed by atoms with Crippen LogP contribution in [0.2, 0.25) is 0 Å². The van der Waals surface area contributed by atoms with Gasteiger partial charge in [-0.1, -0.05) is 19.1 Å². The van der Waals surface area contributed by atoms with Crippen LogP contribution in [-0.2, 0) is 13.0 Å². The number of aryl methyl sites for hydroxylation is 1. The molecule has 1 saturated heterocycles. The molecule has 2 amide bonds. The zero-order valence-corrected chi connectivity index (χ0v) is 18.1. The van der Waals surface area contributed by atoms with Crippen molar-refractivity contribution in [2.45, 2.75) is 32.7 Å². The Hall–Kier alpha value is -3.26. The van der Waals surface area contributed by atoms with E-state index in [1.807, 2.05) is 18.2 Å². The fourth-order valence-electron chi connectivity index (χ4n) is 4.12. The maximum absolute atomic E-state index is 12.9. The van der Waals surface area contributed by atoms with Crippen LogP contribution < -0.4 is 15.1 Å². The van der Waals surface area contributed by atoms with Gasteiger partial charge in [-0.15, -0.1) is 11.3 Å². The highest BCUT2D eigenvalue weighted by Crippen LogP contribution is 2.32. The van der Waals surface area contributed by atoms with E-state index in [1.54, 1.807) is 22.7 Å². The number of benzene rings is 1. The molecule has 0 saturated carbocycles. The van der Waals surface area contributed by atoms with Gasteiger partial charge in [0, 0.05) is 30.2 Å². The predicted octanol–water partition coefficient (Wildman–Crippen LogP) is 4.11. The van der Waals surface area contributed by atoms with Crippen molar-refractivity contribution in [3.8, 4) is 0 Å². The summed E-state index contributed by atoms with van der Waals surface area (Å²) >= 11 is 1.31. The molecule has 31 heavy (non-hydrogen) atoms. The number of thiazole rings is 1. The first-order valence-corrected chi connectivity index (χ1v) is 11.4. The Morgan fingerprint density at radius 2 is 2.06 bits per heavy atom. The topological polar surface area (TPSA) is 78.4 Å². The first-order chi connectivity index (χ1) is 15.1. The number of pyridine rings is 1. The molecular formula is C23H23N5O2S. The number of hydrogen-bond acceptors (Lipinski definition) is 6. The van der Waals surface area contributed by atoms with Crippen molar-refractivity contribution in [3.05, 3.63) is 64.4 Å². The average Bonchev–Trinajstić information content (AvgIpc) is 3.54. The van der Waals surface area contributed by atoms with Gasteiger partial charge < -0.3 is 10.2 Å². The molecule has 1 fully saturated rings.